The van der Waals surface area contributed by atoms with E-state index < -0.39 is 10.8 Å². The lowest BCUT2D eigenvalue weighted by atomic mass is 10.2. The summed E-state index contributed by atoms with van der Waals surface area (Å²) < 4.78 is 4.84. The minimum absolute atomic E-state index is 0.0333. The average Bonchev–Trinajstić information content (AvgIpc) is 2.89. The van der Waals surface area contributed by atoms with Gasteiger partial charge in [0.25, 0.3) is 5.91 Å². The van der Waals surface area contributed by atoms with Crippen LogP contribution in [0.3, 0.4) is 0 Å². The Hall–Kier alpha value is -2.24. The zero-order valence-corrected chi connectivity index (χ0v) is 11.6. The summed E-state index contributed by atoms with van der Waals surface area (Å²) in [6.45, 7) is 0.915. The minimum atomic E-state index is -0.515. The molecule has 1 amide bonds. The maximum Gasteiger partial charge on any atom is 0.324 e. The largest absolute Gasteiger partial charge is 0.385 e. The Bertz CT molecular complexity index is 559. The third-order valence-electron chi connectivity index (χ3n) is 2.27. The van der Waals surface area contributed by atoms with E-state index in [-0.39, 0.29) is 10.6 Å². The summed E-state index contributed by atoms with van der Waals surface area (Å²) >= 11 is 0.945. The number of ether oxygens (including phenoxy) is 1. The number of nitrogens with zero attached hydrogens (tertiary/aromatic N) is 2. The van der Waals surface area contributed by atoms with E-state index in [1.807, 2.05) is 0 Å². The van der Waals surface area contributed by atoms with Crippen molar-refractivity contribution in [3.8, 4) is 6.07 Å². The van der Waals surface area contributed by atoms with Crippen molar-refractivity contribution in [2.75, 3.05) is 20.3 Å². The summed E-state index contributed by atoms with van der Waals surface area (Å²) in [6, 6.07) is 3.10. The zero-order chi connectivity index (χ0) is 15.0. The van der Waals surface area contributed by atoms with Gasteiger partial charge in [-0.2, -0.15) is 5.26 Å². The fourth-order valence-electron chi connectivity index (χ4n) is 1.34. The van der Waals surface area contributed by atoms with Gasteiger partial charge in [-0.05, 0) is 18.1 Å². The minimum Gasteiger partial charge on any atom is -0.385 e. The highest BCUT2D eigenvalue weighted by Crippen LogP contribution is 2.24. The number of hydrogen-bond acceptors (Lipinski definition) is 6. The fraction of sp³-hybridized carbons (Fsp3) is 0.333. The van der Waals surface area contributed by atoms with Crippen molar-refractivity contribution < 1.29 is 14.5 Å². The summed E-state index contributed by atoms with van der Waals surface area (Å²) in [5.41, 5.74) is 0.375. The molecule has 0 fully saturated rings. The second-order valence-electron chi connectivity index (χ2n) is 3.75. The molecule has 1 aromatic heterocycles. The van der Waals surface area contributed by atoms with E-state index in [0.29, 0.717) is 25.1 Å². The fourth-order valence-corrected chi connectivity index (χ4v) is 2.02. The lowest BCUT2D eigenvalue weighted by Crippen LogP contribution is -2.26. The van der Waals surface area contributed by atoms with E-state index in [1.165, 1.54) is 17.5 Å². The summed E-state index contributed by atoms with van der Waals surface area (Å²) in [5, 5.41) is 23.6. The Balaban J connectivity index is 2.68. The van der Waals surface area contributed by atoms with Gasteiger partial charge in [0.05, 0.1) is 4.92 Å². The number of carbonyl (C=O) groups excluding carboxylic acids is 1. The highest BCUT2D eigenvalue weighted by molar-refractivity contribution is 7.13. The van der Waals surface area contributed by atoms with Gasteiger partial charge in [-0.15, -0.1) is 0 Å². The van der Waals surface area contributed by atoms with Crippen molar-refractivity contribution in [1.82, 2.24) is 5.32 Å². The van der Waals surface area contributed by atoms with Gasteiger partial charge in [0.15, 0.2) is 0 Å². The molecular formula is C12H13N3O4S. The monoisotopic (exact) mass is 295 g/mol. The molecule has 8 heteroatoms. The van der Waals surface area contributed by atoms with E-state index in [4.69, 9.17) is 10.00 Å². The molecule has 0 aliphatic heterocycles. The van der Waals surface area contributed by atoms with E-state index in [9.17, 15) is 14.9 Å². The highest BCUT2D eigenvalue weighted by Gasteiger charge is 2.12. The second kappa shape index (κ2) is 8.04. The van der Waals surface area contributed by atoms with Gasteiger partial charge >= 0.3 is 5.00 Å². The predicted molar refractivity (Wildman–Crippen MR) is 74.1 cm³/mol. The van der Waals surface area contributed by atoms with Crippen molar-refractivity contribution in [3.05, 3.63) is 32.7 Å². The number of nitro groups is 1. The molecule has 1 aromatic rings. The molecule has 0 spiro atoms. The maximum absolute atomic E-state index is 11.7. The van der Waals surface area contributed by atoms with Crippen LogP contribution in [0.25, 0.3) is 6.08 Å². The second-order valence-corrected chi connectivity index (χ2v) is 4.64. The molecule has 0 saturated heterocycles. The van der Waals surface area contributed by atoms with Crippen LogP contribution in [0, 0.1) is 21.4 Å². The molecule has 0 aliphatic carbocycles. The molecular weight excluding hydrogens is 282 g/mol. The summed E-state index contributed by atoms with van der Waals surface area (Å²) in [4.78, 5) is 21.7. The van der Waals surface area contributed by atoms with Crippen LogP contribution < -0.4 is 5.32 Å². The summed E-state index contributed by atoms with van der Waals surface area (Å²) in [6.07, 6.45) is 1.97. The van der Waals surface area contributed by atoms with E-state index in [2.05, 4.69) is 5.32 Å². The van der Waals surface area contributed by atoms with Crippen molar-refractivity contribution >= 4 is 28.3 Å². The molecule has 0 aliphatic rings. The van der Waals surface area contributed by atoms with Gasteiger partial charge in [-0.3, -0.25) is 14.9 Å². The molecule has 0 bridgehead atoms. The first-order chi connectivity index (χ1) is 9.58. The molecule has 106 valence electrons. The van der Waals surface area contributed by atoms with Crippen molar-refractivity contribution in [2.24, 2.45) is 0 Å². The SMILES string of the molecule is COCCCNC(=O)/C(C#N)=C/c1csc([N+](=O)[O-])c1. The lowest BCUT2D eigenvalue weighted by molar-refractivity contribution is -0.380. The Labute approximate surface area is 119 Å². The molecule has 20 heavy (non-hydrogen) atoms. The van der Waals surface area contributed by atoms with Gasteiger partial charge in [-0.25, -0.2) is 0 Å². The average molecular weight is 295 g/mol. The van der Waals surface area contributed by atoms with Crippen molar-refractivity contribution in [3.63, 3.8) is 0 Å². The third kappa shape index (κ3) is 4.79. The normalized spacial score (nSPS) is 10.9. The Morgan fingerprint density at radius 1 is 1.70 bits per heavy atom. The summed E-state index contributed by atoms with van der Waals surface area (Å²) in [5.74, 6) is -0.502. The first-order valence-electron chi connectivity index (χ1n) is 5.70. The van der Waals surface area contributed by atoms with Gasteiger partial charge in [0.2, 0.25) is 0 Å². The number of nitriles is 1. The Kier molecular flexibility index (Phi) is 6.36. The van der Waals surface area contributed by atoms with Gasteiger partial charge in [0, 0.05) is 31.7 Å². The zero-order valence-electron chi connectivity index (χ0n) is 10.8. The summed E-state index contributed by atoms with van der Waals surface area (Å²) in [7, 11) is 1.56. The molecule has 1 rings (SSSR count). The molecule has 0 radical (unpaired) electrons. The predicted octanol–water partition coefficient (Wildman–Crippen LogP) is 1.72. The standard InChI is InChI=1S/C12H13N3O4S/c1-19-4-2-3-14-12(16)10(7-13)5-9-6-11(15(17)18)20-8-9/h5-6,8H,2-4H2,1H3,(H,14,16)/b10-5+. The van der Waals surface area contributed by atoms with Crippen LogP contribution in [-0.2, 0) is 9.53 Å². The number of amides is 1. The molecule has 0 atom stereocenters. The van der Waals surface area contributed by atoms with Crippen LogP contribution in [0.2, 0.25) is 0 Å². The highest BCUT2D eigenvalue weighted by atomic mass is 32.1. The number of nitrogens with one attached hydrogen (secondary N) is 1. The molecule has 0 saturated carbocycles. The van der Waals surface area contributed by atoms with Gasteiger partial charge in [-0.1, -0.05) is 11.3 Å². The van der Waals surface area contributed by atoms with E-state index in [0.717, 1.165) is 11.3 Å². The molecule has 0 aromatic carbocycles. The van der Waals surface area contributed by atoms with E-state index in [1.54, 1.807) is 13.2 Å². The molecule has 1 heterocycles. The van der Waals surface area contributed by atoms with E-state index >= 15 is 0 Å². The van der Waals surface area contributed by atoms with Crippen LogP contribution in [0.1, 0.15) is 12.0 Å². The number of rotatable bonds is 7. The van der Waals surface area contributed by atoms with Crippen LogP contribution in [0.4, 0.5) is 5.00 Å². The van der Waals surface area contributed by atoms with Crippen molar-refractivity contribution in [1.29, 1.82) is 5.26 Å². The Morgan fingerprint density at radius 2 is 2.45 bits per heavy atom. The number of carbonyl (C=O) groups is 1. The van der Waals surface area contributed by atoms with Crippen molar-refractivity contribution in [2.45, 2.75) is 6.42 Å². The maximum atomic E-state index is 11.7. The van der Waals surface area contributed by atoms with Crippen LogP contribution in [-0.4, -0.2) is 31.1 Å². The number of hydrogen-bond donors (Lipinski definition) is 1. The number of thiophene rings is 1. The quantitative estimate of drug-likeness (QED) is 0.271. The first kappa shape index (κ1) is 15.8. The van der Waals surface area contributed by atoms with Gasteiger partial charge < -0.3 is 10.1 Å². The van der Waals surface area contributed by atoms with Crippen LogP contribution >= 0.6 is 11.3 Å². The van der Waals surface area contributed by atoms with Crippen LogP contribution in [0.15, 0.2) is 17.0 Å². The van der Waals surface area contributed by atoms with Gasteiger partial charge in [0.1, 0.15) is 11.6 Å². The Morgan fingerprint density at radius 3 is 3.00 bits per heavy atom. The third-order valence-corrected chi connectivity index (χ3v) is 3.17. The molecule has 0 unspecified atom stereocenters. The van der Waals surface area contributed by atoms with Crippen LogP contribution in [0.5, 0.6) is 0 Å². The lowest BCUT2D eigenvalue weighted by Gasteiger charge is -2.03. The molecule has 1 N–H and O–H groups in total. The molecule has 7 nitrogen and oxygen atoms in total. The number of methoxy groups -OCH3 is 1. The first-order valence-corrected chi connectivity index (χ1v) is 6.58. The smallest absolute Gasteiger partial charge is 0.324 e. The topological polar surface area (TPSA) is 105 Å².